The molecule has 0 bridgehead atoms. The first-order chi connectivity index (χ1) is 11.9. The number of rotatable bonds is 5. The zero-order valence-electron chi connectivity index (χ0n) is 13.4. The van der Waals surface area contributed by atoms with Crippen molar-refractivity contribution < 1.29 is 19.0 Å². The van der Waals surface area contributed by atoms with Crippen LogP contribution in [0.4, 0.5) is 11.8 Å². The van der Waals surface area contributed by atoms with Crippen molar-refractivity contribution in [3.05, 3.63) is 22.2 Å². The average molecular weight is 408 g/mol. The molecule has 2 aromatic rings. The smallest absolute Gasteiger partial charge is 0.343 e. The SMILES string of the molecule is COC(=O)COc1cc(Br)c(-c2nc(N)nc(N)c2C#N)cc1OC. The van der Waals surface area contributed by atoms with Crippen LogP contribution in [0.25, 0.3) is 11.3 Å². The minimum atomic E-state index is -0.537. The summed E-state index contributed by atoms with van der Waals surface area (Å²) in [7, 11) is 2.70. The molecule has 0 spiro atoms. The zero-order chi connectivity index (χ0) is 18.6. The van der Waals surface area contributed by atoms with Crippen LogP contribution >= 0.6 is 15.9 Å². The van der Waals surface area contributed by atoms with Crippen molar-refractivity contribution in [2.45, 2.75) is 0 Å². The molecular weight excluding hydrogens is 394 g/mol. The fourth-order valence-electron chi connectivity index (χ4n) is 1.99. The van der Waals surface area contributed by atoms with Crippen LogP contribution in [0.15, 0.2) is 16.6 Å². The topological polar surface area (TPSA) is 146 Å². The predicted octanol–water partition coefficient (Wildman–Crippen LogP) is 1.50. The Labute approximate surface area is 151 Å². The van der Waals surface area contributed by atoms with Crippen LogP contribution in [0, 0.1) is 11.3 Å². The van der Waals surface area contributed by atoms with E-state index in [-0.39, 0.29) is 29.6 Å². The van der Waals surface area contributed by atoms with E-state index in [2.05, 4.69) is 30.6 Å². The van der Waals surface area contributed by atoms with Crippen LogP contribution < -0.4 is 20.9 Å². The van der Waals surface area contributed by atoms with Gasteiger partial charge in [0.25, 0.3) is 0 Å². The van der Waals surface area contributed by atoms with Gasteiger partial charge in [-0.1, -0.05) is 0 Å². The van der Waals surface area contributed by atoms with Crippen molar-refractivity contribution in [2.24, 2.45) is 0 Å². The number of halogens is 1. The van der Waals surface area contributed by atoms with Gasteiger partial charge in [0.15, 0.2) is 18.1 Å². The lowest BCUT2D eigenvalue weighted by Crippen LogP contribution is -2.13. The van der Waals surface area contributed by atoms with E-state index in [4.69, 9.17) is 20.9 Å². The molecule has 10 heteroatoms. The number of ether oxygens (including phenoxy) is 3. The second kappa shape index (κ2) is 7.67. The lowest BCUT2D eigenvalue weighted by molar-refractivity contribution is -0.142. The van der Waals surface area contributed by atoms with Crippen LogP contribution in [-0.4, -0.2) is 36.8 Å². The third-order valence-electron chi connectivity index (χ3n) is 3.15. The number of anilines is 2. The van der Waals surface area contributed by atoms with E-state index >= 15 is 0 Å². The van der Waals surface area contributed by atoms with Gasteiger partial charge in [0, 0.05) is 10.0 Å². The molecule has 0 amide bonds. The molecule has 0 aliphatic rings. The summed E-state index contributed by atoms with van der Waals surface area (Å²) in [6.07, 6.45) is 0. The van der Waals surface area contributed by atoms with Crippen LogP contribution in [0.1, 0.15) is 5.56 Å². The van der Waals surface area contributed by atoms with Gasteiger partial charge in [0.2, 0.25) is 5.95 Å². The lowest BCUT2D eigenvalue weighted by atomic mass is 10.1. The second-order valence-electron chi connectivity index (χ2n) is 4.65. The molecule has 2 rings (SSSR count). The highest BCUT2D eigenvalue weighted by atomic mass is 79.9. The number of hydrogen-bond donors (Lipinski definition) is 2. The Hall–Kier alpha value is -3.06. The van der Waals surface area contributed by atoms with Gasteiger partial charge in [0.1, 0.15) is 17.5 Å². The van der Waals surface area contributed by atoms with Crippen LogP contribution in [0.3, 0.4) is 0 Å². The highest BCUT2D eigenvalue weighted by Crippen LogP contribution is 2.39. The maximum Gasteiger partial charge on any atom is 0.343 e. The molecule has 9 nitrogen and oxygen atoms in total. The van der Waals surface area contributed by atoms with E-state index in [1.807, 2.05) is 6.07 Å². The fraction of sp³-hybridized carbons (Fsp3) is 0.200. The molecule has 4 N–H and O–H groups in total. The van der Waals surface area contributed by atoms with E-state index in [1.54, 1.807) is 12.1 Å². The van der Waals surface area contributed by atoms with Gasteiger partial charge in [-0.05, 0) is 28.1 Å². The maximum atomic E-state index is 11.2. The number of esters is 1. The first kappa shape index (κ1) is 18.3. The number of benzene rings is 1. The number of nitrogens with zero attached hydrogens (tertiary/aromatic N) is 3. The minimum Gasteiger partial charge on any atom is -0.493 e. The number of carbonyl (C=O) groups is 1. The molecule has 1 aromatic heterocycles. The van der Waals surface area contributed by atoms with Gasteiger partial charge in [0.05, 0.1) is 19.9 Å². The molecule has 25 heavy (non-hydrogen) atoms. The molecule has 1 heterocycles. The van der Waals surface area contributed by atoms with Crippen molar-refractivity contribution in [2.75, 3.05) is 32.3 Å². The largest absolute Gasteiger partial charge is 0.493 e. The molecule has 0 atom stereocenters. The standard InChI is InChI=1S/C15H14BrN5O4/c1-23-10-3-7(9(16)4-11(10)25-6-12(22)24-2)13-8(5-17)14(18)21-15(19)20-13/h3-4H,6H2,1-2H3,(H4,18,19,20,21). The molecule has 0 fully saturated rings. The summed E-state index contributed by atoms with van der Waals surface area (Å²) in [6.45, 7) is -0.282. The number of hydrogen-bond acceptors (Lipinski definition) is 9. The Balaban J connectivity index is 2.55. The van der Waals surface area contributed by atoms with Gasteiger partial charge in [-0.2, -0.15) is 10.2 Å². The molecule has 0 saturated heterocycles. The van der Waals surface area contributed by atoms with E-state index in [1.165, 1.54) is 14.2 Å². The monoisotopic (exact) mass is 407 g/mol. The normalized spacial score (nSPS) is 10.0. The molecular formula is C15H14BrN5O4. The third-order valence-corrected chi connectivity index (χ3v) is 3.80. The molecule has 0 aliphatic carbocycles. The molecule has 0 aliphatic heterocycles. The van der Waals surface area contributed by atoms with Gasteiger partial charge in [-0.15, -0.1) is 0 Å². The minimum absolute atomic E-state index is 0.0260. The third kappa shape index (κ3) is 3.89. The Bertz CT molecular complexity index is 866. The molecule has 0 saturated carbocycles. The Morgan fingerprint density at radius 1 is 1.28 bits per heavy atom. The van der Waals surface area contributed by atoms with E-state index in [0.717, 1.165) is 0 Å². The first-order valence-electron chi connectivity index (χ1n) is 6.81. The van der Waals surface area contributed by atoms with Crippen molar-refractivity contribution in [1.82, 2.24) is 9.97 Å². The Morgan fingerprint density at radius 3 is 2.60 bits per heavy atom. The second-order valence-corrected chi connectivity index (χ2v) is 5.50. The molecule has 0 radical (unpaired) electrons. The summed E-state index contributed by atoms with van der Waals surface area (Å²) in [4.78, 5) is 19.1. The van der Waals surface area contributed by atoms with Crippen LogP contribution in [-0.2, 0) is 9.53 Å². The lowest BCUT2D eigenvalue weighted by Gasteiger charge is -2.14. The van der Waals surface area contributed by atoms with Crippen molar-refractivity contribution in [3.63, 3.8) is 0 Å². The summed E-state index contributed by atoms with van der Waals surface area (Å²) in [5.41, 5.74) is 12.2. The van der Waals surface area contributed by atoms with Gasteiger partial charge < -0.3 is 25.7 Å². The quantitative estimate of drug-likeness (QED) is 0.703. The van der Waals surface area contributed by atoms with Crippen molar-refractivity contribution in [3.8, 4) is 28.8 Å². The van der Waals surface area contributed by atoms with Crippen LogP contribution in [0.5, 0.6) is 11.5 Å². The predicted molar refractivity (Wildman–Crippen MR) is 92.8 cm³/mol. The number of aromatic nitrogens is 2. The summed E-state index contributed by atoms with van der Waals surface area (Å²) < 4.78 is 15.7. The maximum absolute atomic E-state index is 11.2. The zero-order valence-corrected chi connectivity index (χ0v) is 15.0. The van der Waals surface area contributed by atoms with Gasteiger partial charge >= 0.3 is 5.97 Å². The number of methoxy groups -OCH3 is 2. The van der Waals surface area contributed by atoms with Crippen LogP contribution in [0.2, 0.25) is 0 Å². The molecule has 1 aromatic carbocycles. The van der Waals surface area contributed by atoms with Crippen molar-refractivity contribution in [1.29, 1.82) is 5.26 Å². The van der Waals surface area contributed by atoms with Gasteiger partial charge in [-0.3, -0.25) is 0 Å². The van der Waals surface area contributed by atoms with E-state index in [9.17, 15) is 10.1 Å². The number of nitrogens with two attached hydrogens (primary N) is 2. The summed E-state index contributed by atoms with van der Waals surface area (Å²) in [5.74, 6) is -0.00517. The summed E-state index contributed by atoms with van der Waals surface area (Å²) >= 11 is 3.38. The van der Waals surface area contributed by atoms with Crippen molar-refractivity contribution >= 4 is 33.7 Å². The summed E-state index contributed by atoms with van der Waals surface area (Å²) in [5, 5.41) is 9.32. The number of nitriles is 1. The van der Waals surface area contributed by atoms with E-state index in [0.29, 0.717) is 21.5 Å². The Morgan fingerprint density at radius 2 is 2.00 bits per heavy atom. The number of nitrogen functional groups attached to an aromatic ring is 2. The highest BCUT2D eigenvalue weighted by molar-refractivity contribution is 9.10. The summed E-state index contributed by atoms with van der Waals surface area (Å²) in [6, 6.07) is 5.12. The molecule has 130 valence electrons. The van der Waals surface area contributed by atoms with Gasteiger partial charge in [-0.25, -0.2) is 9.78 Å². The molecule has 0 unspecified atom stereocenters. The van der Waals surface area contributed by atoms with E-state index < -0.39 is 5.97 Å². The Kier molecular flexibility index (Phi) is 5.61. The highest BCUT2D eigenvalue weighted by Gasteiger charge is 2.19. The average Bonchev–Trinajstić information content (AvgIpc) is 2.59. The first-order valence-corrected chi connectivity index (χ1v) is 7.61. The fourth-order valence-corrected chi connectivity index (χ4v) is 2.50. The number of carbonyl (C=O) groups excluding carboxylic acids is 1.